The van der Waals surface area contributed by atoms with Crippen molar-refractivity contribution in [2.75, 3.05) is 21.2 Å². The minimum absolute atomic E-state index is 0.0469. The Balaban J connectivity index is 1.16. The van der Waals surface area contributed by atoms with E-state index >= 15 is 0 Å². The number of likely N-dealkylation sites (N-methyl/N-ethyl adjacent to an activating group) is 1. The third-order valence-corrected chi connectivity index (χ3v) is 12.1. The number of hydrogen-bond acceptors (Lipinski definition) is 17. The monoisotopic (exact) mass is 837 g/mol. The molecule has 3 aliphatic heterocycles. The predicted octanol–water partition coefficient (Wildman–Crippen LogP) is 2.50. The lowest BCUT2D eigenvalue weighted by Gasteiger charge is -2.48. The molecule has 17 nitrogen and oxygen atoms in total. The lowest BCUT2D eigenvalue weighted by Crippen LogP contribution is -2.58. The molecule has 324 valence electrons. The van der Waals surface area contributed by atoms with Gasteiger partial charge in [0.2, 0.25) is 5.78 Å². The van der Waals surface area contributed by atoms with Gasteiger partial charge in [-0.1, -0.05) is 12.1 Å². The molecule has 60 heavy (non-hydrogen) atoms. The molecule has 7 rings (SSSR count). The molecular formula is C43H51NO16. The first-order valence-corrected chi connectivity index (χ1v) is 19.9. The van der Waals surface area contributed by atoms with Gasteiger partial charge in [0.1, 0.15) is 41.5 Å². The highest BCUT2D eigenvalue weighted by atomic mass is 16.7. The van der Waals surface area contributed by atoms with Crippen LogP contribution in [0.2, 0.25) is 0 Å². The Morgan fingerprint density at radius 2 is 1.58 bits per heavy atom. The maximum atomic E-state index is 14.0. The average molecular weight is 838 g/mol. The summed E-state index contributed by atoms with van der Waals surface area (Å²) in [6.45, 7) is 6.35. The Morgan fingerprint density at radius 3 is 2.22 bits per heavy atom. The fourth-order valence-electron chi connectivity index (χ4n) is 9.27. The normalized spacial score (nSPS) is 35.1. The lowest BCUT2D eigenvalue weighted by atomic mass is 9.66. The van der Waals surface area contributed by atoms with Gasteiger partial charge in [0.15, 0.2) is 30.4 Å². The van der Waals surface area contributed by atoms with Gasteiger partial charge in [-0.2, -0.15) is 0 Å². The fourth-order valence-corrected chi connectivity index (χ4v) is 9.27. The zero-order chi connectivity index (χ0) is 43.5. The van der Waals surface area contributed by atoms with Crippen molar-refractivity contribution in [2.24, 2.45) is 0 Å². The smallest absolute Gasteiger partial charge is 0.316 e. The van der Waals surface area contributed by atoms with E-state index in [0.29, 0.717) is 0 Å². The number of aliphatic hydroxyl groups excluding tert-OH is 1. The van der Waals surface area contributed by atoms with Crippen LogP contribution >= 0.6 is 0 Å². The topological polar surface area (TPSA) is 234 Å². The standard InChI is InChI=1S/C43H51NO16/c1-18(45)16-43(53)17-29(34-23(36(43)42(52)54-7)13-24-35(39(34)51)38(50)33-22(37(24)49)9-8-10-27(33)47)58-31-14-25(44(5)6)40(20(3)56-31)60-32-15-28(48)41(21(4)57-32)59-30-12-11-26(46)19(2)55-30/h8-13,19-21,25,28-32,36,40-41,47-48,51,53H,14-17H2,1-7H3/t19?,20?,21?,25?,28?,29-,30?,31?,32?,36-,40?,41?,43+/m0/s1. The summed E-state index contributed by atoms with van der Waals surface area (Å²) in [6, 6.07) is 4.84. The quantitative estimate of drug-likeness (QED) is 0.215. The van der Waals surface area contributed by atoms with Gasteiger partial charge in [-0.05, 0) is 71.6 Å². The highest BCUT2D eigenvalue weighted by molar-refractivity contribution is 6.30. The fraction of sp³-hybridized carbons (Fsp3) is 0.558. The third kappa shape index (κ3) is 7.94. The molecule has 3 heterocycles. The summed E-state index contributed by atoms with van der Waals surface area (Å²) in [7, 11) is 4.76. The Labute approximate surface area is 346 Å². The van der Waals surface area contributed by atoms with Gasteiger partial charge in [0.25, 0.3) is 0 Å². The number of phenols is 2. The van der Waals surface area contributed by atoms with E-state index in [0.717, 1.165) is 7.11 Å². The molecule has 2 saturated heterocycles. The zero-order valence-corrected chi connectivity index (χ0v) is 34.4. The number of aliphatic hydroxyl groups is 2. The minimum atomic E-state index is -2.13. The van der Waals surface area contributed by atoms with Gasteiger partial charge in [-0.3, -0.25) is 24.0 Å². The summed E-state index contributed by atoms with van der Waals surface area (Å²) >= 11 is 0. The molecule has 0 bridgehead atoms. The van der Waals surface area contributed by atoms with Gasteiger partial charge < -0.3 is 58.5 Å². The SMILES string of the molecule is COC(=O)[C@@H]1c2cc3c(c(O)c2[C@@H](OC2CC(N(C)C)C(OC4CC(O)C(OC5C=CC(=O)C(C)O5)C(C)O4)C(C)O2)C[C@]1(O)CC(C)=O)C(=O)c1c(O)cccc1C3=O. The van der Waals surface area contributed by atoms with E-state index in [9.17, 15) is 44.4 Å². The van der Waals surface area contributed by atoms with E-state index < -0.39 is 132 Å². The van der Waals surface area contributed by atoms with E-state index in [2.05, 4.69) is 0 Å². The number of aromatic hydroxyl groups is 2. The van der Waals surface area contributed by atoms with Crippen LogP contribution in [-0.2, 0) is 47.5 Å². The predicted molar refractivity (Wildman–Crippen MR) is 206 cm³/mol. The number of carbonyl (C=O) groups excluding carboxylic acids is 5. The van der Waals surface area contributed by atoms with E-state index in [-0.39, 0.29) is 46.4 Å². The maximum absolute atomic E-state index is 14.0. The Morgan fingerprint density at radius 1 is 0.900 bits per heavy atom. The largest absolute Gasteiger partial charge is 0.507 e. The summed E-state index contributed by atoms with van der Waals surface area (Å²) in [5, 5.41) is 46.0. The number of phenolic OH excluding ortho intramolecular Hbond substituents is 2. The van der Waals surface area contributed by atoms with Crippen LogP contribution in [0.4, 0.5) is 0 Å². The lowest BCUT2D eigenvalue weighted by molar-refractivity contribution is -0.320. The summed E-state index contributed by atoms with van der Waals surface area (Å²) in [5.41, 5.74) is -3.38. The van der Waals surface area contributed by atoms with Gasteiger partial charge in [-0.25, -0.2) is 0 Å². The molecule has 2 aliphatic carbocycles. The summed E-state index contributed by atoms with van der Waals surface area (Å²) in [4.78, 5) is 67.8. The summed E-state index contributed by atoms with van der Waals surface area (Å²) in [6.07, 6.45) is -6.37. The van der Waals surface area contributed by atoms with Crippen molar-refractivity contribution in [1.29, 1.82) is 0 Å². The molecule has 0 amide bonds. The van der Waals surface area contributed by atoms with Crippen molar-refractivity contribution >= 4 is 29.1 Å². The molecule has 0 aromatic heterocycles. The van der Waals surface area contributed by atoms with Crippen LogP contribution < -0.4 is 0 Å². The van der Waals surface area contributed by atoms with Crippen LogP contribution in [0.25, 0.3) is 0 Å². The first-order valence-electron chi connectivity index (χ1n) is 19.9. The number of esters is 1. The second-order valence-corrected chi connectivity index (χ2v) is 16.5. The Hall–Kier alpha value is -4.43. The molecule has 2 fully saturated rings. The third-order valence-electron chi connectivity index (χ3n) is 12.1. The zero-order valence-electron chi connectivity index (χ0n) is 34.4. The number of methoxy groups -OCH3 is 1. The number of nitrogens with zero attached hydrogens (tertiary/aromatic N) is 1. The van der Waals surface area contributed by atoms with Gasteiger partial charge >= 0.3 is 5.97 Å². The molecule has 0 spiro atoms. The van der Waals surface area contributed by atoms with E-state index in [1.165, 1.54) is 43.3 Å². The van der Waals surface area contributed by atoms with Gasteiger partial charge in [0, 0.05) is 48.4 Å². The number of Topliss-reactive ketones (excluding diaryl/α,β-unsaturated/α-hetero) is 1. The number of fused-ring (bicyclic) bond motifs is 3. The number of rotatable bonds is 10. The molecular weight excluding hydrogens is 786 g/mol. The van der Waals surface area contributed by atoms with Crippen LogP contribution in [0.5, 0.6) is 11.5 Å². The maximum Gasteiger partial charge on any atom is 0.316 e. The van der Waals surface area contributed by atoms with Crippen LogP contribution in [0, 0.1) is 0 Å². The molecule has 2 aromatic rings. The van der Waals surface area contributed by atoms with Gasteiger partial charge in [-0.15, -0.1) is 0 Å². The van der Waals surface area contributed by atoms with E-state index in [1.807, 2.05) is 19.0 Å². The van der Waals surface area contributed by atoms with E-state index in [1.54, 1.807) is 20.8 Å². The van der Waals surface area contributed by atoms with Crippen LogP contribution in [0.3, 0.4) is 0 Å². The molecule has 10 unspecified atom stereocenters. The van der Waals surface area contributed by atoms with Crippen LogP contribution in [-0.4, -0.2) is 143 Å². The average Bonchev–Trinajstić information content (AvgIpc) is 3.16. The minimum Gasteiger partial charge on any atom is -0.507 e. The van der Waals surface area contributed by atoms with Crippen molar-refractivity contribution in [3.63, 3.8) is 0 Å². The van der Waals surface area contributed by atoms with E-state index in [4.69, 9.17) is 33.2 Å². The molecule has 5 aliphatic rings. The molecule has 2 aromatic carbocycles. The van der Waals surface area contributed by atoms with Crippen LogP contribution in [0.1, 0.15) is 108 Å². The number of ether oxygens (including phenoxy) is 7. The molecule has 0 radical (unpaired) electrons. The second-order valence-electron chi connectivity index (χ2n) is 16.5. The molecule has 17 heteroatoms. The highest BCUT2D eigenvalue weighted by Crippen LogP contribution is 2.54. The first kappa shape index (κ1) is 43.7. The number of benzene rings is 2. The van der Waals surface area contributed by atoms with Crippen molar-refractivity contribution in [1.82, 2.24) is 4.90 Å². The number of ketones is 4. The molecule has 4 N–H and O–H groups in total. The van der Waals surface area contributed by atoms with Crippen molar-refractivity contribution < 1.29 is 77.6 Å². The number of hydrogen-bond donors (Lipinski definition) is 4. The van der Waals surface area contributed by atoms with Crippen LogP contribution in [0.15, 0.2) is 36.4 Å². The number of carbonyl (C=O) groups is 5. The summed E-state index contributed by atoms with van der Waals surface area (Å²) in [5.74, 6) is -5.88. The Bertz CT molecular complexity index is 2090. The first-order chi connectivity index (χ1) is 28.3. The van der Waals surface area contributed by atoms with Crippen molar-refractivity contribution in [2.45, 2.75) is 133 Å². The van der Waals surface area contributed by atoms with Crippen molar-refractivity contribution in [3.05, 3.63) is 69.8 Å². The van der Waals surface area contributed by atoms with Crippen molar-refractivity contribution in [3.8, 4) is 11.5 Å². The molecule has 0 saturated carbocycles. The highest BCUT2D eigenvalue weighted by Gasteiger charge is 2.55. The second kappa shape index (κ2) is 16.8. The summed E-state index contributed by atoms with van der Waals surface area (Å²) < 4.78 is 42.3. The molecule has 13 atom stereocenters. The Kier molecular flexibility index (Phi) is 12.2. The van der Waals surface area contributed by atoms with Gasteiger partial charge in [0.05, 0.1) is 48.3 Å².